The summed E-state index contributed by atoms with van der Waals surface area (Å²) >= 11 is 0. The number of para-hydroxylation sites is 1. The summed E-state index contributed by atoms with van der Waals surface area (Å²) in [6.45, 7) is 4.17. The van der Waals surface area contributed by atoms with Crippen LogP contribution in [0.2, 0.25) is 0 Å². The average Bonchev–Trinajstić information content (AvgIpc) is 3.08. The summed E-state index contributed by atoms with van der Waals surface area (Å²) in [7, 11) is 1.70. The van der Waals surface area contributed by atoms with E-state index in [1.165, 1.54) is 0 Å². The quantitative estimate of drug-likeness (QED) is 0.211. The highest BCUT2D eigenvalue weighted by Gasteiger charge is 2.32. The number of amides is 5. The van der Waals surface area contributed by atoms with Crippen LogP contribution < -0.4 is 20.7 Å². The minimum atomic E-state index is -0.469. The number of likely N-dealkylation sites (N-methyl/N-ethyl adjacent to an activating group) is 1. The van der Waals surface area contributed by atoms with Crippen molar-refractivity contribution < 1.29 is 24.2 Å². The van der Waals surface area contributed by atoms with Gasteiger partial charge in [-0.2, -0.15) is 0 Å². The third kappa shape index (κ3) is 7.71. The summed E-state index contributed by atoms with van der Waals surface area (Å²) < 4.78 is 6.52. The van der Waals surface area contributed by atoms with Gasteiger partial charge in [-0.1, -0.05) is 61.5 Å². The van der Waals surface area contributed by atoms with Crippen LogP contribution in [0.1, 0.15) is 19.4 Å². The Hall–Kier alpha value is -5.09. The third-order valence-electron chi connectivity index (χ3n) is 8.04. The molecule has 0 saturated carbocycles. The molecule has 4 aromatic rings. The maximum atomic E-state index is 13.6. The number of carbonyl (C=O) groups is 3. The lowest BCUT2D eigenvalue weighted by atomic mass is 10.0. The second kappa shape index (κ2) is 14.1. The van der Waals surface area contributed by atoms with Gasteiger partial charge in [0.05, 0.1) is 31.3 Å². The molecule has 0 spiro atoms. The van der Waals surface area contributed by atoms with Crippen molar-refractivity contribution in [1.29, 1.82) is 0 Å². The molecule has 0 radical (unpaired) electrons. The molecule has 10 heteroatoms. The summed E-state index contributed by atoms with van der Waals surface area (Å²) in [6.07, 6.45) is -0.452. The van der Waals surface area contributed by atoms with Crippen molar-refractivity contribution in [2.75, 3.05) is 42.7 Å². The number of anilines is 3. The summed E-state index contributed by atoms with van der Waals surface area (Å²) in [5.41, 5.74) is 2.44. The number of urea groups is 2. The van der Waals surface area contributed by atoms with Gasteiger partial charge in [-0.25, -0.2) is 9.59 Å². The van der Waals surface area contributed by atoms with Crippen molar-refractivity contribution in [3.05, 3.63) is 96.6 Å². The molecule has 3 atom stereocenters. The zero-order valence-electron chi connectivity index (χ0n) is 25.7. The standard InChI is InChI=1S/C35H39N5O5/c1-23-20-40(24(2)22-41)33(42)19-26-18-28(36-34(43)38-30-15-9-11-25-10-7-8-14-29(25)30)16-17-31(26)45-32(23)21-39(3)35(44)37-27-12-5-4-6-13-27/h4-18,23-24,32,41H,19-22H2,1-3H3,(H,37,44)(H2,36,38,43)/t23-,24-,32+/m1/s1. The molecule has 5 rings (SSSR count). The van der Waals surface area contributed by atoms with Crippen LogP contribution in [-0.4, -0.2) is 71.8 Å². The van der Waals surface area contributed by atoms with Gasteiger partial charge in [-0.3, -0.25) is 4.79 Å². The van der Waals surface area contributed by atoms with E-state index in [2.05, 4.69) is 16.0 Å². The Labute approximate surface area is 263 Å². The number of nitrogens with one attached hydrogen (secondary N) is 3. The number of hydrogen-bond acceptors (Lipinski definition) is 5. The number of hydrogen-bond donors (Lipinski definition) is 4. The smallest absolute Gasteiger partial charge is 0.323 e. The maximum absolute atomic E-state index is 13.6. The Morgan fingerprint density at radius 3 is 2.47 bits per heavy atom. The Morgan fingerprint density at radius 1 is 0.956 bits per heavy atom. The second-order valence-electron chi connectivity index (χ2n) is 11.5. The second-order valence-corrected chi connectivity index (χ2v) is 11.5. The molecule has 234 valence electrons. The molecule has 0 aromatic heterocycles. The largest absolute Gasteiger partial charge is 0.488 e. The molecular weight excluding hydrogens is 570 g/mol. The Bertz CT molecular complexity index is 1660. The number of ether oxygens (including phenoxy) is 1. The summed E-state index contributed by atoms with van der Waals surface area (Å²) in [5, 5.41) is 20.5. The minimum absolute atomic E-state index is 0.0178. The molecule has 0 aliphatic carbocycles. The first-order valence-electron chi connectivity index (χ1n) is 15.0. The fourth-order valence-electron chi connectivity index (χ4n) is 5.44. The van der Waals surface area contributed by atoms with Crippen LogP contribution >= 0.6 is 0 Å². The summed E-state index contributed by atoms with van der Waals surface area (Å²) in [6, 6.07) is 26.8. The molecule has 0 bridgehead atoms. The fraction of sp³-hybridized carbons (Fsp3) is 0.286. The van der Waals surface area contributed by atoms with Gasteiger partial charge in [0.1, 0.15) is 11.9 Å². The van der Waals surface area contributed by atoms with E-state index in [9.17, 15) is 19.5 Å². The summed E-state index contributed by atoms with van der Waals surface area (Å²) in [4.78, 5) is 42.8. The van der Waals surface area contributed by atoms with E-state index in [0.717, 1.165) is 10.8 Å². The molecule has 0 unspecified atom stereocenters. The van der Waals surface area contributed by atoms with Gasteiger partial charge in [-0.15, -0.1) is 0 Å². The molecule has 4 N–H and O–H groups in total. The molecule has 45 heavy (non-hydrogen) atoms. The number of aliphatic hydroxyl groups excluding tert-OH is 1. The molecule has 5 amide bonds. The zero-order chi connectivity index (χ0) is 31.9. The third-order valence-corrected chi connectivity index (χ3v) is 8.04. The van der Waals surface area contributed by atoms with Crippen LogP contribution in [0.25, 0.3) is 10.8 Å². The van der Waals surface area contributed by atoms with Crippen molar-refractivity contribution in [1.82, 2.24) is 9.80 Å². The first-order chi connectivity index (χ1) is 21.7. The normalized spacial score (nSPS) is 17.2. The topological polar surface area (TPSA) is 123 Å². The highest BCUT2D eigenvalue weighted by molar-refractivity contribution is 6.06. The zero-order valence-corrected chi connectivity index (χ0v) is 25.7. The van der Waals surface area contributed by atoms with E-state index in [1.807, 2.05) is 79.7 Å². The van der Waals surface area contributed by atoms with Crippen molar-refractivity contribution in [2.24, 2.45) is 5.92 Å². The molecule has 4 aromatic carbocycles. The molecule has 0 fully saturated rings. The lowest BCUT2D eigenvalue weighted by molar-refractivity contribution is -0.134. The monoisotopic (exact) mass is 609 g/mol. The number of nitrogens with zero attached hydrogens (tertiary/aromatic N) is 2. The molecule has 1 heterocycles. The van der Waals surface area contributed by atoms with Gasteiger partial charge in [0, 0.05) is 41.8 Å². The fourth-order valence-corrected chi connectivity index (χ4v) is 5.44. The number of aliphatic hydroxyl groups is 1. The molecular formula is C35H39N5O5. The average molecular weight is 610 g/mol. The van der Waals surface area contributed by atoms with Gasteiger partial charge in [0.15, 0.2) is 0 Å². The molecule has 1 aliphatic rings. The van der Waals surface area contributed by atoms with Crippen molar-refractivity contribution in [2.45, 2.75) is 32.4 Å². The van der Waals surface area contributed by atoms with Crippen LogP contribution in [0.4, 0.5) is 26.7 Å². The lowest BCUT2D eigenvalue weighted by Gasteiger charge is -2.34. The number of rotatable bonds is 7. The van der Waals surface area contributed by atoms with Gasteiger partial charge < -0.3 is 35.6 Å². The predicted molar refractivity (Wildman–Crippen MR) is 177 cm³/mol. The van der Waals surface area contributed by atoms with Crippen LogP contribution in [0.5, 0.6) is 5.75 Å². The SMILES string of the molecule is C[C@@H]1CN([C@H](C)CO)C(=O)Cc2cc(NC(=O)Nc3cccc4ccccc34)ccc2O[C@H]1CN(C)C(=O)Nc1ccccc1. The Kier molecular flexibility index (Phi) is 9.84. The van der Waals surface area contributed by atoms with Crippen molar-refractivity contribution in [3.8, 4) is 5.75 Å². The van der Waals surface area contributed by atoms with Crippen molar-refractivity contribution in [3.63, 3.8) is 0 Å². The van der Waals surface area contributed by atoms with Crippen molar-refractivity contribution >= 4 is 45.8 Å². The van der Waals surface area contributed by atoms with E-state index >= 15 is 0 Å². The Morgan fingerprint density at radius 2 is 1.69 bits per heavy atom. The lowest BCUT2D eigenvalue weighted by Crippen LogP contribution is -2.48. The number of carbonyl (C=O) groups excluding carboxylic acids is 3. The van der Waals surface area contributed by atoms with Gasteiger partial charge in [0.25, 0.3) is 0 Å². The number of benzene rings is 4. The van der Waals surface area contributed by atoms with E-state index in [-0.39, 0.29) is 37.4 Å². The molecule has 10 nitrogen and oxygen atoms in total. The van der Waals surface area contributed by atoms with E-state index in [4.69, 9.17) is 4.74 Å². The van der Waals surface area contributed by atoms with E-state index in [0.29, 0.717) is 34.9 Å². The van der Waals surface area contributed by atoms with E-state index in [1.54, 1.807) is 42.0 Å². The Balaban J connectivity index is 1.37. The van der Waals surface area contributed by atoms with Crippen LogP contribution in [0, 0.1) is 5.92 Å². The van der Waals surface area contributed by atoms with Gasteiger partial charge in [0.2, 0.25) is 5.91 Å². The van der Waals surface area contributed by atoms with Crippen LogP contribution in [-0.2, 0) is 11.2 Å². The predicted octanol–water partition coefficient (Wildman–Crippen LogP) is 5.80. The first kappa shape index (κ1) is 31.3. The highest BCUT2D eigenvalue weighted by Crippen LogP contribution is 2.30. The first-order valence-corrected chi connectivity index (χ1v) is 15.0. The maximum Gasteiger partial charge on any atom is 0.323 e. The molecule has 1 aliphatic heterocycles. The minimum Gasteiger partial charge on any atom is -0.488 e. The highest BCUT2D eigenvalue weighted by atomic mass is 16.5. The van der Waals surface area contributed by atoms with Gasteiger partial charge >= 0.3 is 12.1 Å². The number of fused-ring (bicyclic) bond motifs is 2. The van der Waals surface area contributed by atoms with Crippen LogP contribution in [0.3, 0.4) is 0 Å². The van der Waals surface area contributed by atoms with Gasteiger partial charge in [-0.05, 0) is 48.7 Å². The molecule has 0 saturated heterocycles. The van der Waals surface area contributed by atoms with Crippen LogP contribution in [0.15, 0.2) is 91.0 Å². The summed E-state index contributed by atoms with van der Waals surface area (Å²) in [5.74, 6) is 0.155. The van der Waals surface area contributed by atoms with E-state index < -0.39 is 18.2 Å².